The van der Waals surface area contributed by atoms with E-state index < -0.39 is 0 Å². The number of anilines is 2. The molecule has 6 rings (SSSR count). The number of likely N-dealkylation sites (N-methyl/N-ethyl adjacent to an activating group) is 1. The van der Waals surface area contributed by atoms with Crippen molar-refractivity contribution < 1.29 is 0 Å². The van der Waals surface area contributed by atoms with E-state index in [0.29, 0.717) is 0 Å². The summed E-state index contributed by atoms with van der Waals surface area (Å²) < 4.78 is 0. The van der Waals surface area contributed by atoms with E-state index in [1.807, 2.05) is 7.05 Å². The fraction of sp³-hybridized carbons (Fsp3) is 0.231. The molecule has 0 radical (unpaired) electrons. The van der Waals surface area contributed by atoms with Crippen LogP contribution >= 0.6 is 0 Å². The van der Waals surface area contributed by atoms with Crippen molar-refractivity contribution >= 4 is 33.4 Å². The second-order valence-electron chi connectivity index (χ2n) is 8.72. The number of H-pyrrole nitrogens is 2. The van der Waals surface area contributed by atoms with Crippen molar-refractivity contribution in [2.24, 2.45) is 0 Å². The summed E-state index contributed by atoms with van der Waals surface area (Å²) in [5, 5.41) is 3.15. The van der Waals surface area contributed by atoms with Gasteiger partial charge in [0, 0.05) is 55.7 Å². The van der Waals surface area contributed by atoms with Crippen LogP contribution in [0.5, 0.6) is 0 Å². The molecule has 1 aliphatic heterocycles. The Balaban J connectivity index is 1.31. The molecule has 2 aromatic heterocycles. The molecule has 0 unspecified atom stereocenters. The highest BCUT2D eigenvalue weighted by Gasteiger charge is 2.16. The second-order valence-corrected chi connectivity index (χ2v) is 8.72. The van der Waals surface area contributed by atoms with Gasteiger partial charge in [-0.2, -0.15) is 0 Å². The van der Waals surface area contributed by atoms with Gasteiger partial charge in [0.05, 0.1) is 22.1 Å². The normalized spacial score (nSPS) is 14.9. The Bertz CT molecular complexity index is 1420. The van der Waals surface area contributed by atoms with Crippen LogP contribution in [0.4, 0.5) is 11.4 Å². The Morgan fingerprint density at radius 2 is 1.33 bits per heavy atom. The molecular formula is C26H27N7. The summed E-state index contributed by atoms with van der Waals surface area (Å²) in [6.07, 6.45) is 0. The average molecular weight is 438 g/mol. The van der Waals surface area contributed by atoms with E-state index in [9.17, 15) is 0 Å². The minimum atomic E-state index is 0.866. The lowest BCUT2D eigenvalue weighted by Crippen LogP contribution is -2.44. The van der Waals surface area contributed by atoms with Crippen molar-refractivity contribution in [2.75, 3.05) is 50.5 Å². The van der Waals surface area contributed by atoms with Gasteiger partial charge in [0.1, 0.15) is 11.6 Å². The zero-order valence-electron chi connectivity index (χ0n) is 18.9. The van der Waals surface area contributed by atoms with Gasteiger partial charge in [0.15, 0.2) is 0 Å². The summed E-state index contributed by atoms with van der Waals surface area (Å²) in [5.41, 5.74) is 8.40. The Kier molecular flexibility index (Phi) is 4.77. The first-order valence-corrected chi connectivity index (χ1v) is 11.4. The van der Waals surface area contributed by atoms with E-state index >= 15 is 0 Å². The molecule has 166 valence electrons. The van der Waals surface area contributed by atoms with E-state index in [1.165, 1.54) is 5.69 Å². The molecule has 3 N–H and O–H groups in total. The zero-order valence-corrected chi connectivity index (χ0v) is 18.9. The maximum Gasteiger partial charge on any atom is 0.138 e. The third-order valence-corrected chi connectivity index (χ3v) is 6.54. The first kappa shape index (κ1) is 19.8. The number of piperazine rings is 1. The standard InChI is InChI=1S/C26H27N7/c1-27-19-6-3-17(4-7-19)25-28-21-9-5-18(15-23(21)30-25)26-29-22-10-8-20(16-24(22)31-26)33-13-11-32(2)12-14-33/h3-10,15-16,27H,11-14H2,1-2H3,(H,28,30)(H,29,31). The average Bonchev–Trinajstić information content (AvgIpc) is 3.48. The monoisotopic (exact) mass is 437 g/mol. The van der Waals surface area contributed by atoms with E-state index in [1.54, 1.807) is 0 Å². The molecule has 0 aliphatic carbocycles. The number of hydrogen-bond acceptors (Lipinski definition) is 5. The molecule has 0 spiro atoms. The Morgan fingerprint density at radius 3 is 2.03 bits per heavy atom. The van der Waals surface area contributed by atoms with Gasteiger partial charge in [-0.3, -0.25) is 0 Å². The zero-order chi connectivity index (χ0) is 22.4. The molecule has 7 nitrogen and oxygen atoms in total. The predicted molar refractivity (Wildman–Crippen MR) is 136 cm³/mol. The number of nitrogens with one attached hydrogen (secondary N) is 3. The van der Waals surface area contributed by atoms with Crippen LogP contribution in [0.25, 0.3) is 44.8 Å². The minimum absolute atomic E-state index is 0.866. The van der Waals surface area contributed by atoms with E-state index in [4.69, 9.17) is 9.97 Å². The summed E-state index contributed by atoms with van der Waals surface area (Å²) in [6.45, 7) is 4.29. The first-order chi connectivity index (χ1) is 16.2. The van der Waals surface area contributed by atoms with Crippen molar-refractivity contribution in [2.45, 2.75) is 0 Å². The summed E-state index contributed by atoms with van der Waals surface area (Å²) in [6, 6.07) is 21.0. The molecule has 33 heavy (non-hydrogen) atoms. The smallest absolute Gasteiger partial charge is 0.138 e. The lowest BCUT2D eigenvalue weighted by Gasteiger charge is -2.34. The van der Waals surface area contributed by atoms with Gasteiger partial charge in [-0.1, -0.05) is 0 Å². The second kappa shape index (κ2) is 7.94. The number of aromatic amines is 2. The number of benzene rings is 3. The first-order valence-electron chi connectivity index (χ1n) is 11.4. The highest BCUT2D eigenvalue weighted by Crippen LogP contribution is 2.28. The van der Waals surface area contributed by atoms with Gasteiger partial charge < -0.3 is 25.1 Å². The summed E-state index contributed by atoms with van der Waals surface area (Å²) >= 11 is 0. The predicted octanol–water partition coefficient (Wildman–Crippen LogP) is 4.57. The molecule has 0 atom stereocenters. The number of imidazole rings is 2. The van der Waals surface area contributed by atoms with E-state index in [0.717, 1.165) is 76.7 Å². The number of fused-ring (bicyclic) bond motifs is 2. The Hall–Kier alpha value is -3.84. The number of aromatic nitrogens is 4. The van der Waals surface area contributed by atoms with Gasteiger partial charge in [-0.25, -0.2) is 9.97 Å². The molecule has 3 heterocycles. The lowest BCUT2D eigenvalue weighted by atomic mass is 10.2. The molecule has 7 heteroatoms. The van der Waals surface area contributed by atoms with Crippen LogP contribution in [-0.2, 0) is 0 Å². The quantitative estimate of drug-likeness (QED) is 0.384. The molecule has 1 saturated heterocycles. The fourth-order valence-corrected chi connectivity index (χ4v) is 4.48. The molecule has 5 aromatic rings. The van der Waals surface area contributed by atoms with Gasteiger partial charge in [0.2, 0.25) is 0 Å². The van der Waals surface area contributed by atoms with Gasteiger partial charge >= 0.3 is 0 Å². The lowest BCUT2D eigenvalue weighted by molar-refractivity contribution is 0.313. The highest BCUT2D eigenvalue weighted by molar-refractivity contribution is 5.87. The maximum absolute atomic E-state index is 4.91. The summed E-state index contributed by atoms with van der Waals surface area (Å²) in [4.78, 5) is 21.5. The molecule has 0 saturated carbocycles. The minimum Gasteiger partial charge on any atom is -0.388 e. The molecule has 0 bridgehead atoms. The van der Waals surface area contributed by atoms with Crippen LogP contribution in [0, 0.1) is 0 Å². The summed E-state index contributed by atoms with van der Waals surface area (Å²) in [5.74, 6) is 1.73. The van der Waals surface area contributed by atoms with Crippen LogP contribution in [0.3, 0.4) is 0 Å². The highest BCUT2D eigenvalue weighted by atomic mass is 15.2. The third kappa shape index (κ3) is 3.70. The van der Waals surface area contributed by atoms with Gasteiger partial charge in [-0.15, -0.1) is 0 Å². The van der Waals surface area contributed by atoms with Crippen LogP contribution in [0.15, 0.2) is 60.7 Å². The number of nitrogens with zero attached hydrogens (tertiary/aromatic N) is 4. The molecular weight excluding hydrogens is 410 g/mol. The van der Waals surface area contributed by atoms with Gasteiger partial charge in [-0.05, 0) is 67.7 Å². The third-order valence-electron chi connectivity index (χ3n) is 6.54. The largest absolute Gasteiger partial charge is 0.388 e. The summed E-state index contributed by atoms with van der Waals surface area (Å²) in [7, 11) is 4.10. The van der Waals surface area contributed by atoms with Crippen LogP contribution in [0.1, 0.15) is 0 Å². The number of hydrogen-bond donors (Lipinski definition) is 3. The Labute approximate surface area is 192 Å². The fourth-order valence-electron chi connectivity index (χ4n) is 4.48. The number of rotatable bonds is 4. The van der Waals surface area contributed by atoms with Crippen molar-refractivity contribution in [3.8, 4) is 22.8 Å². The van der Waals surface area contributed by atoms with Crippen molar-refractivity contribution in [1.82, 2.24) is 24.8 Å². The van der Waals surface area contributed by atoms with E-state index in [-0.39, 0.29) is 0 Å². The SMILES string of the molecule is CNc1ccc(-c2nc3cc(-c4nc5cc(N6CCN(C)CC6)ccc5[nH]4)ccc3[nH]2)cc1. The van der Waals surface area contributed by atoms with Crippen molar-refractivity contribution in [3.63, 3.8) is 0 Å². The molecule has 0 amide bonds. The van der Waals surface area contributed by atoms with Crippen molar-refractivity contribution in [1.29, 1.82) is 0 Å². The molecule has 1 fully saturated rings. The van der Waals surface area contributed by atoms with Gasteiger partial charge in [0.25, 0.3) is 0 Å². The molecule has 1 aliphatic rings. The topological polar surface area (TPSA) is 75.9 Å². The van der Waals surface area contributed by atoms with Crippen LogP contribution < -0.4 is 10.2 Å². The van der Waals surface area contributed by atoms with E-state index in [2.05, 4.69) is 92.8 Å². The molecule has 3 aromatic carbocycles. The van der Waals surface area contributed by atoms with Crippen molar-refractivity contribution in [3.05, 3.63) is 60.7 Å². The maximum atomic E-state index is 4.91. The van der Waals surface area contributed by atoms with Crippen LogP contribution in [-0.4, -0.2) is 65.1 Å². The Morgan fingerprint density at radius 1 is 0.727 bits per heavy atom. The van der Waals surface area contributed by atoms with Crippen LogP contribution in [0.2, 0.25) is 0 Å².